The van der Waals surface area contributed by atoms with E-state index in [1.165, 1.54) is 0 Å². The highest BCUT2D eigenvalue weighted by Gasteiger charge is 2.08. The Labute approximate surface area is 87.1 Å². The first-order valence-corrected chi connectivity index (χ1v) is 4.75. The average molecular weight is 201 g/mol. The molecule has 0 bridgehead atoms. The molecule has 1 aromatic carbocycles. The van der Waals surface area contributed by atoms with Gasteiger partial charge in [-0.2, -0.15) is 10.2 Å². The van der Waals surface area contributed by atoms with Crippen molar-refractivity contribution in [1.29, 1.82) is 0 Å². The van der Waals surface area contributed by atoms with E-state index in [2.05, 4.69) is 10.2 Å². The Morgan fingerprint density at radius 2 is 2.07 bits per heavy atom. The van der Waals surface area contributed by atoms with Crippen LogP contribution in [0.1, 0.15) is 16.8 Å². The standard InChI is InChI=1S/C11H11N3O/c12-5-4-11(15)9-3-1-2-8-6-13-14-7-10(8)9/h1-3,6-7H,4-5,12H2. The molecule has 76 valence electrons. The minimum atomic E-state index is 0.0519. The number of hydrogen-bond acceptors (Lipinski definition) is 4. The van der Waals surface area contributed by atoms with Gasteiger partial charge in [-0.25, -0.2) is 0 Å². The molecule has 0 unspecified atom stereocenters. The maximum absolute atomic E-state index is 11.7. The lowest BCUT2D eigenvalue weighted by molar-refractivity contribution is 0.0987. The first kappa shape index (κ1) is 9.73. The second kappa shape index (κ2) is 4.14. The van der Waals surface area contributed by atoms with E-state index in [0.717, 1.165) is 10.8 Å². The van der Waals surface area contributed by atoms with Crippen LogP contribution in [0.25, 0.3) is 10.8 Å². The second-order valence-electron chi connectivity index (χ2n) is 3.26. The zero-order valence-electron chi connectivity index (χ0n) is 8.18. The number of carbonyl (C=O) groups excluding carboxylic acids is 1. The summed E-state index contributed by atoms with van der Waals surface area (Å²) in [6.45, 7) is 0.369. The van der Waals surface area contributed by atoms with Gasteiger partial charge in [-0.1, -0.05) is 18.2 Å². The third-order valence-corrected chi connectivity index (χ3v) is 2.26. The van der Waals surface area contributed by atoms with Crippen LogP contribution in [0.4, 0.5) is 0 Å². The quantitative estimate of drug-likeness (QED) is 0.756. The number of ketones is 1. The van der Waals surface area contributed by atoms with Gasteiger partial charge in [0.05, 0.1) is 12.4 Å². The minimum Gasteiger partial charge on any atom is -0.330 e. The van der Waals surface area contributed by atoms with Gasteiger partial charge < -0.3 is 5.73 Å². The predicted octanol–water partition coefficient (Wildman–Crippen LogP) is 1.16. The van der Waals surface area contributed by atoms with Gasteiger partial charge in [0.1, 0.15) is 0 Å². The van der Waals surface area contributed by atoms with Crippen LogP contribution in [0.3, 0.4) is 0 Å². The van der Waals surface area contributed by atoms with Crippen molar-refractivity contribution >= 4 is 16.6 Å². The molecule has 2 aromatic rings. The topological polar surface area (TPSA) is 68.9 Å². The zero-order chi connectivity index (χ0) is 10.7. The lowest BCUT2D eigenvalue weighted by Crippen LogP contribution is -2.08. The van der Waals surface area contributed by atoms with E-state index in [0.29, 0.717) is 18.5 Å². The first-order valence-electron chi connectivity index (χ1n) is 4.75. The minimum absolute atomic E-state index is 0.0519. The molecule has 0 atom stereocenters. The molecule has 0 amide bonds. The summed E-state index contributed by atoms with van der Waals surface area (Å²) in [5.41, 5.74) is 6.04. The van der Waals surface area contributed by atoms with Crippen molar-refractivity contribution in [3.05, 3.63) is 36.2 Å². The molecule has 4 nitrogen and oxygen atoms in total. The molecular weight excluding hydrogens is 190 g/mol. The smallest absolute Gasteiger partial charge is 0.164 e. The number of fused-ring (bicyclic) bond motifs is 1. The van der Waals surface area contributed by atoms with Crippen molar-refractivity contribution in [2.45, 2.75) is 6.42 Å². The predicted molar refractivity (Wildman–Crippen MR) is 57.5 cm³/mol. The summed E-state index contributed by atoms with van der Waals surface area (Å²) in [6, 6.07) is 5.54. The fourth-order valence-corrected chi connectivity index (χ4v) is 1.54. The molecule has 0 aliphatic rings. The first-order chi connectivity index (χ1) is 7.33. The number of rotatable bonds is 3. The lowest BCUT2D eigenvalue weighted by atomic mass is 10.0. The van der Waals surface area contributed by atoms with Gasteiger partial charge in [0.2, 0.25) is 0 Å². The molecule has 0 aliphatic carbocycles. The van der Waals surface area contributed by atoms with Gasteiger partial charge in [-0.05, 0) is 6.54 Å². The van der Waals surface area contributed by atoms with Gasteiger partial charge in [-0.3, -0.25) is 4.79 Å². The number of hydrogen-bond donors (Lipinski definition) is 1. The van der Waals surface area contributed by atoms with Crippen LogP contribution in [0.5, 0.6) is 0 Å². The number of carbonyl (C=O) groups is 1. The maximum atomic E-state index is 11.7. The van der Waals surface area contributed by atoms with Crippen LogP contribution in [0.2, 0.25) is 0 Å². The Hall–Kier alpha value is -1.81. The number of benzene rings is 1. The summed E-state index contributed by atoms with van der Waals surface area (Å²) in [5, 5.41) is 9.32. The summed E-state index contributed by atoms with van der Waals surface area (Å²) >= 11 is 0. The molecule has 1 heterocycles. The summed E-state index contributed by atoms with van der Waals surface area (Å²) in [7, 11) is 0. The van der Waals surface area contributed by atoms with Crippen LogP contribution in [-0.4, -0.2) is 22.5 Å². The Balaban J connectivity index is 2.56. The Bertz CT molecular complexity index is 491. The molecule has 2 N–H and O–H groups in total. The summed E-state index contributed by atoms with van der Waals surface area (Å²) in [6.07, 6.45) is 3.62. The number of Topliss-reactive ketones (excluding diaryl/α,β-unsaturated/α-hetero) is 1. The van der Waals surface area contributed by atoms with Crippen LogP contribution >= 0.6 is 0 Å². The Morgan fingerprint density at radius 3 is 2.87 bits per heavy atom. The van der Waals surface area contributed by atoms with Crippen LogP contribution in [-0.2, 0) is 0 Å². The molecular formula is C11H11N3O. The summed E-state index contributed by atoms with van der Waals surface area (Å²) in [4.78, 5) is 11.7. The second-order valence-corrected chi connectivity index (χ2v) is 3.26. The van der Waals surface area contributed by atoms with Gasteiger partial charge in [0, 0.05) is 22.8 Å². The Morgan fingerprint density at radius 1 is 1.27 bits per heavy atom. The van der Waals surface area contributed by atoms with E-state index in [1.54, 1.807) is 18.5 Å². The molecule has 15 heavy (non-hydrogen) atoms. The van der Waals surface area contributed by atoms with Crippen LogP contribution in [0, 0.1) is 0 Å². The summed E-state index contributed by atoms with van der Waals surface area (Å²) < 4.78 is 0. The van der Waals surface area contributed by atoms with E-state index in [9.17, 15) is 4.79 Å². The van der Waals surface area contributed by atoms with E-state index in [-0.39, 0.29) is 5.78 Å². The van der Waals surface area contributed by atoms with Gasteiger partial charge in [0.25, 0.3) is 0 Å². The van der Waals surface area contributed by atoms with E-state index in [4.69, 9.17) is 5.73 Å². The van der Waals surface area contributed by atoms with Crippen molar-refractivity contribution in [3.63, 3.8) is 0 Å². The molecule has 0 spiro atoms. The molecule has 4 heteroatoms. The molecule has 0 saturated carbocycles. The molecule has 1 aromatic heterocycles. The van der Waals surface area contributed by atoms with E-state index < -0.39 is 0 Å². The van der Waals surface area contributed by atoms with E-state index in [1.807, 2.05) is 12.1 Å². The third-order valence-electron chi connectivity index (χ3n) is 2.26. The van der Waals surface area contributed by atoms with Crippen LogP contribution in [0.15, 0.2) is 30.6 Å². The molecule has 0 saturated heterocycles. The van der Waals surface area contributed by atoms with Crippen molar-refractivity contribution in [2.75, 3.05) is 6.54 Å². The number of aromatic nitrogens is 2. The van der Waals surface area contributed by atoms with Crippen LogP contribution < -0.4 is 5.73 Å². The van der Waals surface area contributed by atoms with Crippen molar-refractivity contribution in [2.24, 2.45) is 5.73 Å². The maximum Gasteiger partial charge on any atom is 0.164 e. The Kier molecular flexibility index (Phi) is 2.69. The SMILES string of the molecule is NCCC(=O)c1cccc2cnncc12. The van der Waals surface area contributed by atoms with Crippen molar-refractivity contribution in [3.8, 4) is 0 Å². The fourth-order valence-electron chi connectivity index (χ4n) is 1.54. The third kappa shape index (κ3) is 1.85. The largest absolute Gasteiger partial charge is 0.330 e. The highest BCUT2D eigenvalue weighted by atomic mass is 16.1. The average Bonchev–Trinajstić information content (AvgIpc) is 2.28. The fraction of sp³-hybridized carbons (Fsp3) is 0.182. The van der Waals surface area contributed by atoms with E-state index >= 15 is 0 Å². The monoisotopic (exact) mass is 201 g/mol. The lowest BCUT2D eigenvalue weighted by Gasteiger charge is -2.03. The molecule has 2 rings (SSSR count). The number of nitrogens with zero attached hydrogens (tertiary/aromatic N) is 2. The normalized spacial score (nSPS) is 10.5. The summed E-state index contributed by atoms with van der Waals surface area (Å²) in [5.74, 6) is 0.0519. The highest BCUT2D eigenvalue weighted by Crippen LogP contribution is 2.17. The van der Waals surface area contributed by atoms with Gasteiger partial charge >= 0.3 is 0 Å². The van der Waals surface area contributed by atoms with Crippen molar-refractivity contribution in [1.82, 2.24) is 10.2 Å². The molecule has 0 aliphatic heterocycles. The number of nitrogens with two attached hydrogens (primary N) is 1. The highest BCUT2D eigenvalue weighted by molar-refractivity contribution is 6.07. The molecule has 0 radical (unpaired) electrons. The van der Waals surface area contributed by atoms with Gasteiger partial charge in [-0.15, -0.1) is 0 Å². The van der Waals surface area contributed by atoms with Crippen molar-refractivity contribution < 1.29 is 4.79 Å². The molecule has 0 fully saturated rings. The zero-order valence-corrected chi connectivity index (χ0v) is 8.18. The van der Waals surface area contributed by atoms with Gasteiger partial charge in [0.15, 0.2) is 5.78 Å².